The topological polar surface area (TPSA) is 73.2 Å². The standard InChI is InChI=1S/C21H31N3O3S2/c1-13(2)7-9-24-20(26)18-15-6-5-14(3)11-16(15)29-19(18)23-21(24)28-12-17(25)22-8-10-27-4/h13-14H,5-12H2,1-4H3,(H,22,25)/t14-/m0/s1. The number of methoxy groups -OCH3 is 1. The van der Waals surface area contributed by atoms with Gasteiger partial charge in [0.2, 0.25) is 5.91 Å². The summed E-state index contributed by atoms with van der Waals surface area (Å²) in [6.07, 6.45) is 4.03. The average molecular weight is 438 g/mol. The van der Waals surface area contributed by atoms with Crippen LogP contribution in [0, 0.1) is 11.8 Å². The molecule has 0 aliphatic heterocycles. The number of thiophene rings is 1. The largest absolute Gasteiger partial charge is 0.383 e. The number of hydrogen-bond acceptors (Lipinski definition) is 6. The van der Waals surface area contributed by atoms with Crippen molar-refractivity contribution in [2.24, 2.45) is 11.8 Å². The van der Waals surface area contributed by atoms with Gasteiger partial charge >= 0.3 is 0 Å². The number of aromatic nitrogens is 2. The van der Waals surface area contributed by atoms with E-state index in [4.69, 9.17) is 9.72 Å². The van der Waals surface area contributed by atoms with Gasteiger partial charge in [0.1, 0.15) is 4.83 Å². The van der Waals surface area contributed by atoms with Gasteiger partial charge < -0.3 is 10.1 Å². The third-order valence-electron chi connectivity index (χ3n) is 5.27. The zero-order chi connectivity index (χ0) is 21.0. The van der Waals surface area contributed by atoms with Gasteiger partial charge in [0.05, 0.1) is 17.7 Å². The maximum absolute atomic E-state index is 13.4. The minimum absolute atomic E-state index is 0.0602. The third-order valence-corrected chi connectivity index (χ3v) is 7.40. The van der Waals surface area contributed by atoms with E-state index in [-0.39, 0.29) is 17.2 Å². The number of carbonyl (C=O) groups excluding carboxylic acids is 1. The molecule has 0 saturated heterocycles. The highest BCUT2D eigenvalue weighted by Crippen LogP contribution is 2.36. The van der Waals surface area contributed by atoms with Crippen LogP contribution in [0.5, 0.6) is 0 Å². The SMILES string of the molecule is COCCNC(=O)CSc1nc2sc3c(c2c(=O)n1CCC(C)C)CC[C@H](C)C3. The summed E-state index contributed by atoms with van der Waals surface area (Å²) in [6, 6.07) is 0. The summed E-state index contributed by atoms with van der Waals surface area (Å²) in [7, 11) is 1.61. The first-order valence-electron chi connectivity index (χ1n) is 10.3. The Balaban J connectivity index is 1.91. The molecule has 1 amide bonds. The number of aryl methyl sites for hydroxylation is 1. The van der Waals surface area contributed by atoms with E-state index in [1.54, 1.807) is 23.0 Å². The van der Waals surface area contributed by atoms with Crippen LogP contribution in [0.4, 0.5) is 0 Å². The molecule has 6 nitrogen and oxygen atoms in total. The summed E-state index contributed by atoms with van der Waals surface area (Å²) in [5.74, 6) is 1.32. The van der Waals surface area contributed by atoms with E-state index in [9.17, 15) is 9.59 Å². The average Bonchev–Trinajstić information content (AvgIpc) is 3.03. The van der Waals surface area contributed by atoms with Crippen LogP contribution >= 0.6 is 23.1 Å². The molecule has 0 radical (unpaired) electrons. The number of nitrogens with zero attached hydrogens (tertiary/aromatic N) is 2. The summed E-state index contributed by atoms with van der Waals surface area (Å²) >= 11 is 3.01. The Kier molecular flexibility index (Phi) is 7.76. The lowest BCUT2D eigenvalue weighted by atomic mass is 9.89. The second-order valence-electron chi connectivity index (χ2n) is 8.20. The molecule has 160 valence electrons. The predicted octanol–water partition coefficient (Wildman–Crippen LogP) is 3.48. The summed E-state index contributed by atoms with van der Waals surface area (Å²) in [6.45, 7) is 8.18. The van der Waals surface area contributed by atoms with Crippen LogP contribution in [0.2, 0.25) is 0 Å². The third kappa shape index (κ3) is 5.41. The molecule has 0 saturated carbocycles. The van der Waals surface area contributed by atoms with E-state index in [2.05, 4.69) is 26.1 Å². The van der Waals surface area contributed by atoms with E-state index >= 15 is 0 Å². The summed E-state index contributed by atoms with van der Waals surface area (Å²) < 4.78 is 6.75. The fourth-order valence-electron chi connectivity index (χ4n) is 3.57. The number of nitrogens with one attached hydrogen (secondary N) is 1. The van der Waals surface area contributed by atoms with Crippen molar-refractivity contribution in [3.05, 3.63) is 20.8 Å². The van der Waals surface area contributed by atoms with Crippen molar-refractivity contribution in [2.75, 3.05) is 26.0 Å². The number of amides is 1. The molecule has 2 heterocycles. The van der Waals surface area contributed by atoms with Gasteiger partial charge in [-0.2, -0.15) is 0 Å². The molecule has 1 aliphatic rings. The molecule has 29 heavy (non-hydrogen) atoms. The minimum atomic E-state index is -0.0731. The molecule has 0 unspecified atom stereocenters. The summed E-state index contributed by atoms with van der Waals surface area (Å²) in [5, 5.41) is 4.29. The Morgan fingerprint density at radius 3 is 2.97 bits per heavy atom. The van der Waals surface area contributed by atoms with Crippen LogP contribution in [-0.4, -0.2) is 41.5 Å². The van der Waals surface area contributed by atoms with Gasteiger partial charge in [0, 0.05) is 25.1 Å². The smallest absolute Gasteiger partial charge is 0.263 e. The number of fused-ring (bicyclic) bond motifs is 3. The number of thioether (sulfide) groups is 1. The van der Waals surface area contributed by atoms with Gasteiger partial charge in [-0.15, -0.1) is 11.3 Å². The molecule has 3 rings (SSSR count). The normalized spacial score (nSPS) is 16.4. The molecule has 1 aliphatic carbocycles. The zero-order valence-corrected chi connectivity index (χ0v) is 19.4. The lowest BCUT2D eigenvalue weighted by Gasteiger charge is -2.18. The first kappa shape index (κ1) is 22.3. The number of hydrogen-bond donors (Lipinski definition) is 1. The molecular formula is C21H31N3O3S2. The zero-order valence-electron chi connectivity index (χ0n) is 17.7. The Morgan fingerprint density at radius 1 is 1.45 bits per heavy atom. The van der Waals surface area contributed by atoms with Crippen molar-refractivity contribution < 1.29 is 9.53 Å². The van der Waals surface area contributed by atoms with Crippen LogP contribution < -0.4 is 10.9 Å². The van der Waals surface area contributed by atoms with Crippen molar-refractivity contribution in [3.63, 3.8) is 0 Å². The minimum Gasteiger partial charge on any atom is -0.383 e. The van der Waals surface area contributed by atoms with E-state index in [1.165, 1.54) is 22.2 Å². The highest BCUT2D eigenvalue weighted by molar-refractivity contribution is 7.99. The molecule has 1 N–H and O–H groups in total. The van der Waals surface area contributed by atoms with Gasteiger partial charge in [-0.05, 0) is 43.1 Å². The monoisotopic (exact) mass is 437 g/mol. The van der Waals surface area contributed by atoms with Gasteiger partial charge in [0.15, 0.2) is 5.16 Å². The van der Waals surface area contributed by atoms with Crippen LogP contribution in [0.15, 0.2) is 9.95 Å². The Morgan fingerprint density at radius 2 is 2.24 bits per heavy atom. The first-order chi connectivity index (χ1) is 13.9. The summed E-state index contributed by atoms with van der Waals surface area (Å²) in [5.41, 5.74) is 1.28. The fraction of sp³-hybridized carbons (Fsp3) is 0.667. The van der Waals surface area contributed by atoms with Crippen LogP contribution in [0.1, 0.15) is 44.1 Å². The lowest BCUT2D eigenvalue weighted by Crippen LogP contribution is -2.29. The van der Waals surface area contributed by atoms with Crippen molar-refractivity contribution in [1.29, 1.82) is 0 Å². The molecule has 0 bridgehead atoms. The maximum atomic E-state index is 13.4. The fourth-order valence-corrected chi connectivity index (χ4v) is 5.85. The van der Waals surface area contributed by atoms with Crippen molar-refractivity contribution in [2.45, 2.75) is 58.2 Å². The molecule has 2 aromatic heterocycles. The van der Waals surface area contributed by atoms with Gasteiger partial charge in [-0.25, -0.2) is 4.98 Å². The van der Waals surface area contributed by atoms with E-state index < -0.39 is 0 Å². The molecule has 2 aromatic rings. The number of rotatable bonds is 9. The quantitative estimate of drug-likeness (QED) is 0.369. The Labute approximate surface area is 180 Å². The Hall–Kier alpha value is -1.38. The molecule has 0 fully saturated rings. The van der Waals surface area contributed by atoms with Crippen LogP contribution in [0.25, 0.3) is 10.2 Å². The summed E-state index contributed by atoms with van der Waals surface area (Å²) in [4.78, 5) is 32.5. The first-order valence-corrected chi connectivity index (χ1v) is 12.1. The maximum Gasteiger partial charge on any atom is 0.263 e. The molecule has 8 heteroatoms. The van der Waals surface area contributed by atoms with E-state index in [0.717, 1.165) is 35.9 Å². The van der Waals surface area contributed by atoms with Gasteiger partial charge in [-0.1, -0.05) is 32.5 Å². The molecule has 1 atom stereocenters. The highest BCUT2D eigenvalue weighted by Gasteiger charge is 2.25. The van der Waals surface area contributed by atoms with Crippen molar-refractivity contribution in [1.82, 2.24) is 14.9 Å². The number of ether oxygens (including phenoxy) is 1. The van der Waals surface area contributed by atoms with Gasteiger partial charge in [-0.3, -0.25) is 14.2 Å². The second-order valence-corrected chi connectivity index (χ2v) is 10.2. The lowest BCUT2D eigenvalue weighted by molar-refractivity contribution is -0.118. The second kappa shape index (κ2) is 10.1. The Bertz CT molecular complexity index is 920. The predicted molar refractivity (Wildman–Crippen MR) is 120 cm³/mol. The molecular weight excluding hydrogens is 406 g/mol. The van der Waals surface area contributed by atoms with Crippen LogP contribution in [-0.2, 0) is 28.9 Å². The highest BCUT2D eigenvalue weighted by atomic mass is 32.2. The van der Waals surface area contributed by atoms with Crippen molar-refractivity contribution in [3.8, 4) is 0 Å². The van der Waals surface area contributed by atoms with Crippen molar-refractivity contribution >= 4 is 39.2 Å². The van der Waals surface area contributed by atoms with Gasteiger partial charge in [0.25, 0.3) is 5.56 Å². The van der Waals surface area contributed by atoms with Crippen LogP contribution in [0.3, 0.4) is 0 Å². The molecule has 0 aromatic carbocycles. The van der Waals surface area contributed by atoms with E-state index in [0.29, 0.717) is 36.7 Å². The number of carbonyl (C=O) groups is 1. The van der Waals surface area contributed by atoms with E-state index in [1.807, 2.05) is 0 Å². The molecule has 0 spiro atoms.